The van der Waals surface area contributed by atoms with Crippen molar-refractivity contribution in [3.63, 3.8) is 0 Å². The van der Waals surface area contributed by atoms with E-state index in [2.05, 4.69) is 245 Å². The summed E-state index contributed by atoms with van der Waals surface area (Å²) in [5.41, 5.74) is 32.0. The van der Waals surface area contributed by atoms with Crippen LogP contribution in [0.1, 0.15) is 210 Å². The molecule has 0 unspecified atom stereocenters. The van der Waals surface area contributed by atoms with Gasteiger partial charge in [0.2, 0.25) is 0 Å². The van der Waals surface area contributed by atoms with E-state index >= 15 is 0 Å². The normalized spacial score (nSPS) is 10.8. The van der Waals surface area contributed by atoms with Crippen molar-refractivity contribution < 1.29 is 66.7 Å². The average molecular weight is 2080 g/mol. The second-order valence-corrected chi connectivity index (χ2v) is 36.4. The number of thiocarbonyl (C=S) groups is 6. The number of methoxy groups -OCH3 is 6. The highest BCUT2D eigenvalue weighted by Crippen LogP contribution is 2.44. The Bertz CT molecular complexity index is 6000. The average Bonchev–Trinajstić information content (AvgIpc) is 1.62. The summed E-state index contributed by atoms with van der Waals surface area (Å²) >= 11 is 30.7. The summed E-state index contributed by atoms with van der Waals surface area (Å²) in [7, 11) is 9.31. The van der Waals surface area contributed by atoms with Gasteiger partial charge in [-0.1, -0.05) is 229 Å². The molecule has 0 amide bonds. The number of ether oxygens (including phenoxy) is 13. The first kappa shape index (κ1) is 119. The number of nitrogens with one attached hydrogen (secondary N) is 6. The monoisotopic (exact) mass is 2080 g/mol. The third-order valence-corrected chi connectivity index (χ3v) is 25.5. The first-order chi connectivity index (χ1) is 69.5. The van der Waals surface area contributed by atoms with Crippen molar-refractivity contribution in [3.8, 4) is 40.2 Å². The van der Waals surface area contributed by atoms with E-state index in [0.29, 0.717) is 78.0 Å². The van der Waals surface area contributed by atoms with Crippen molar-refractivity contribution in [3.05, 3.63) is 346 Å². The van der Waals surface area contributed by atoms with Crippen LogP contribution in [0, 0.1) is 55.4 Å². The fourth-order valence-corrected chi connectivity index (χ4v) is 16.4. The summed E-state index contributed by atoms with van der Waals surface area (Å²) in [5, 5.41) is 30.3. The van der Waals surface area contributed by atoms with Crippen molar-refractivity contribution in [2.75, 3.05) is 81.2 Å². The summed E-state index contributed by atoms with van der Waals surface area (Å²) in [6.07, 6.45) is 9.05. The number of rotatable bonds is 35. The summed E-state index contributed by atoms with van der Waals surface area (Å²) in [6.45, 7) is 36.8. The maximum atomic E-state index is 9.62. The van der Waals surface area contributed by atoms with Crippen LogP contribution in [0.5, 0.6) is 40.2 Å². The number of anilines is 6. The molecule has 12 aromatic rings. The molecule has 0 aliphatic heterocycles. The minimum Gasteiger partial charge on any atom is -0.493 e. The molecule has 145 heavy (non-hydrogen) atoms. The zero-order valence-electron chi connectivity index (χ0n) is 87.6. The fourth-order valence-electron chi connectivity index (χ4n) is 15.7. The van der Waals surface area contributed by atoms with Crippen molar-refractivity contribution in [1.82, 2.24) is 0 Å². The van der Waals surface area contributed by atoms with Gasteiger partial charge in [0.1, 0.15) is 79.9 Å². The van der Waals surface area contributed by atoms with E-state index in [9.17, 15) is 5.11 Å². The SMILES string of the molecule is C.CCOc1cccc(NC(=S)OC)c1COc1ccc(C)cc1CC.CCc1cc(C)ccc1OCc1c(C)cccc1NC(=S)OC.CCc1cc(C)ccc1OCc1c(C)cccc1NC(=S)OC.CCc1cc(C)ccc1OCc1c(CC)cccc1NC(=S)OC.CCc1cc(C)ccc1OCc1c(CO)cccc1NC(=S)OC.CCc1cc(C)ccc1OCc1c(NC(=S)OC)cccc1C1CC1. The molecule has 774 valence electrons. The predicted octanol–water partition coefficient (Wildman–Crippen LogP) is 29.5. The lowest BCUT2D eigenvalue weighted by Gasteiger charge is -2.18. The van der Waals surface area contributed by atoms with Crippen molar-refractivity contribution >= 4 is 138 Å². The highest BCUT2D eigenvalue weighted by Gasteiger charge is 2.28. The number of aliphatic hydroxyl groups is 1. The minimum absolute atomic E-state index is 0. The van der Waals surface area contributed by atoms with Crippen LogP contribution < -0.4 is 65.1 Å². The van der Waals surface area contributed by atoms with Crippen molar-refractivity contribution in [2.24, 2.45) is 0 Å². The van der Waals surface area contributed by atoms with Crippen molar-refractivity contribution in [1.29, 1.82) is 0 Å². The highest BCUT2D eigenvalue weighted by atomic mass is 32.1. The molecule has 0 aromatic heterocycles. The standard InChI is InChI=1S/C21H25NO2S.C20H25NO3S.C20H25NO2S.C19H23NO3S.2C19H23NO2S.CH4/c1-4-15-12-14(2)8-11-20(15)24-13-18-17(16-9-10-16)6-5-7-19(18)22-21(25)23-3;1-5-15-12-14(3)10-11-18(15)24-13-16-17(21-20(25)22-4)8-7-9-19(16)23-6-2;1-5-15-8-7-9-18(21-20(24)22-4)17(15)13-23-19-11-10-14(3)12-16(19)6-2;1-4-14-10-13(2)8-9-18(14)23-12-16-15(11-21)6-5-7-17(16)20-19(24)22-3;2*1-5-15-11-13(2)9-10-18(15)22-12-16-14(3)7-6-8-17(16)20-19(23)21-4;/h5-8,11-12,16H,4,9-10,13H2,1-3H3,(H,22,25);7-12H,5-6,13H2,1-4H3,(H,21,25);7-12H,5-6,13H2,1-4H3,(H,21,24);5-10,21H,4,11-12H2,1-3H3,(H,20,24);2*6-11H,5,12H2,1-4H3,(H,20,23);1H4. The van der Waals surface area contributed by atoms with Gasteiger partial charge < -0.3 is 98.6 Å². The summed E-state index contributed by atoms with van der Waals surface area (Å²) in [6, 6.07) is 73.5. The van der Waals surface area contributed by atoms with Gasteiger partial charge in [-0.15, -0.1) is 0 Å². The number of hydrogen-bond donors (Lipinski definition) is 7. The Morgan fingerprint density at radius 2 is 0.483 bits per heavy atom. The lowest BCUT2D eigenvalue weighted by Crippen LogP contribution is -2.14. The second-order valence-electron chi connectivity index (χ2n) is 34.2. The number of aliphatic hydroxyl groups excluding tert-OH is 1. The molecule has 12 aromatic carbocycles. The van der Waals surface area contributed by atoms with Crippen LogP contribution in [-0.2, 0) is 120 Å². The molecule has 0 heterocycles. The first-order valence-corrected chi connectivity index (χ1v) is 51.2. The Morgan fingerprint density at radius 1 is 0.255 bits per heavy atom. The molecule has 0 saturated heterocycles. The summed E-state index contributed by atoms with van der Waals surface area (Å²) in [5.74, 6) is 6.92. The largest absolute Gasteiger partial charge is 0.493 e. The molecular weight excluding hydrogens is 1930 g/mol. The Labute approximate surface area is 894 Å². The molecule has 0 bridgehead atoms. The van der Waals surface area contributed by atoms with Gasteiger partial charge in [-0.05, 0) is 339 Å². The minimum atomic E-state index is -0.0670. The zero-order chi connectivity index (χ0) is 105. The Kier molecular flexibility index (Phi) is 51.7. The summed E-state index contributed by atoms with van der Waals surface area (Å²) in [4.78, 5) is 0. The van der Waals surface area contributed by atoms with Gasteiger partial charge in [0.05, 0.1) is 67.1 Å². The van der Waals surface area contributed by atoms with Gasteiger partial charge in [-0.2, -0.15) is 0 Å². The molecule has 13 rings (SSSR count). The molecule has 0 spiro atoms. The highest BCUT2D eigenvalue weighted by molar-refractivity contribution is 7.81. The van der Waals surface area contributed by atoms with Gasteiger partial charge in [0.25, 0.3) is 31.0 Å². The van der Waals surface area contributed by atoms with E-state index in [0.717, 1.165) is 164 Å². The molecule has 20 nitrogen and oxygen atoms in total. The number of benzene rings is 12. The second kappa shape index (κ2) is 62.9. The molecule has 7 N–H and O–H groups in total. The van der Waals surface area contributed by atoms with Crippen LogP contribution in [0.15, 0.2) is 218 Å². The van der Waals surface area contributed by atoms with Crippen LogP contribution in [0.3, 0.4) is 0 Å². The van der Waals surface area contributed by atoms with Crippen LogP contribution in [0.2, 0.25) is 0 Å². The first-order valence-electron chi connectivity index (χ1n) is 48.8. The lowest BCUT2D eigenvalue weighted by atomic mass is 10.0. The Hall–Kier alpha value is -12.7. The molecule has 26 heteroatoms. The van der Waals surface area contributed by atoms with E-state index in [1.807, 2.05) is 116 Å². The maximum absolute atomic E-state index is 9.62. The van der Waals surface area contributed by atoms with E-state index in [4.69, 9.17) is 135 Å². The maximum Gasteiger partial charge on any atom is 0.260 e. The quantitative estimate of drug-likeness (QED) is 0.0184. The van der Waals surface area contributed by atoms with Crippen LogP contribution in [0.4, 0.5) is 34.1 Å². The molecular formula is C119H148N6O14S6. The van der Waals surface area contributed by atoms with E-state index in [1.165, 1.54) is 111 Å². The van der Waals surface area contributed by atoms with Crippen LogP contribution in [-0.4, -0.2) is 85.4 Å². The van der Waals surface area contributed by atoms with E-state index < -0.39 is 0 Å². The predicted molar refractivity (Wildman–Crippen MR) is 622 cm³/mol. The van der Waals surface area contributed by atoms with Gasteiger partial charge in [0.15, 0.2) is 0 Å². The van der Waals surface area contributed by atoms with E-state index in [1.54, 1.807) is 28.4 Å². The molecule has 0 atom stereocenters. The topological polar surface area (TPSA) is 212 Å². The Balaban J connectivity index is 0.000000236. The van der Waals surface area contributed by atoms with Crippen molar-refractivity contribution in [2.45, 2.75) is 228 Å². The van der Waals surface area contributed by atoms with Crippen LogP contribution >= 0.6 is 73.3 Å². The summed E-state index contributed by atoms with van der Waals surface area (Å²) < 4.78 is 72.8. The number of hydrogen-bond acceptors (Lipinski definition) is 20. The zero-order valence-corrected chi connectivity index (χ0v) is 92.5. The molecule has 1 aliphatic rings. The van der Waals surface area contributed by atoms with E-state index in [-0.39, 0.29) is 19.2 Å². The number of aryl methyl sites for hydroxylation is 15. The molecule has 1 fully saturated rings. The molecule has 0 radical (unpaired) electrons. The molecule has 1 aliphatic carbocycles. The van der Waals surface area contributed by atoms with Gasteiger partial charge in [0, 0.05) is 56.3 Å². The van der Waals surface area contributed by atoms with Gasteiger partial charge >= 0.3 is 0 Å². The third kappa shape index (κ3) is 37.7. The molecule has 1 saturated carbocycles. The van der Waals surface area contributed by atoms with Gasteiger partial charge in [-0.3, -0.25) is 0 Å². The fraction of sp³-hybridized carbons (Fsp3) is 0.345. The van der Waals surface area contributed by atoms with Crippen LogP contribution in [0.25, 0.3) is 0 Å². The van der Waals surface area contributed by atoms with Gasteiger partial charge in [-0.25, -0.2) is 0 Å². The smallest absolute Gasteiger partial charge is 0.260 e. The third-order valence-electron chi connectivity index (χ3n) is 23.9. The Morgan fingerprint density at radius 3 is 0.752 bits per heavy atom. The lowest BCUT2D eigenvalue weighted by molar-refractivity contribution is 0.269.